The number of nitrogens with one attached hydrogen (secondary N) is 1. The molecule has 0 aromatic heterocycles. The Morgan fingerprint density at radius 2 is 1.83 bits per heavy atom. The van der Waals surface area contributed by atoms with Crippen LogP contribution < -0.4 is 10.1 Å². The molecule has 2 rings (SSSR count). The number of hydrogen-bond donors (Lipinski definition) is 1. The zero-order chi connectivity index (χ0) is 16.7. The lowest BCUT2D eigenvalue weighted by atomic mass is 10.2. The number of hydrogen-bond acceptors (Lipinski definition) is 4. The lowest BCUT2D eigenvalue weighted by molar-refractivity contribution is -0.384. The van der Waals surface area contributed by atoms with Gasteiger partial charge in [0.1, 0.15) is 5.75 Å². The lowest BCUT2D eigenvalue weighted by Crippen LogP contribution is -2.20. The van der Waals surface area contributed by atoms with E-state index in [1.807, 2.05) is 24.3 Å². The summed E-state index contributed by atoms with van der Waals surface area (Å²) in [6.45, 7) is 0.410. The highest BCUT2D eigenvalue weighted by molar-refractivity contribution is 5.91. The third kappa shape index (κ3) is 4.96. The highest BCUT2D eigenvalue weighted by Crippen LogP contribution is 2.13. The number of rotatable bonds is 6. The molecule has 6 heteroatoms. The molecule has 1 amide bonds. The Bertz CT molecular complexity index is 706. The van der Waals surface area contributed by atoms with Gasteiger partial charge in [0.2, 0.25) is 5.91 Å². The van der Waals surface area contributed by atoms with Crippen LogP contribution in [0, 0.1) is 10.1 Å². The summed E-state index contributed by atoms with van der Waals surface area (Å²) in [5.74, 6) is 0.525. The molecular formula is C17H16N2O4. The summed E-state index contributed by atoms with van der Waals surface area (Å²) in [5.41, 5.74) is 1.70. The molecule has 1 N–H and O–H groups in total. The molecule has 0 aliphatic carbocycles. The maximum Gasteiger partial charge on any atom is 0.269 e. The van der Waals surface area contributed by atoms with Crippen LogP contribution in [-0.4, -0.2) is 17.9 Å². The quantitative estimate of drug-likeness (QED) is 0.505. The van der Waals surface area contributed by atoms with Crippen LogP contribution in [0.15, 0.2) is 54.6 Å². The summed E-state index contributed by atoms with van der Waals surface area (Å²) in [4.78, 5) is 21.8. The standard InChI is InChI=1S/C17H16N2O4/c1-23-16-9-4-14(5-10-16)12-18-17(20)11-6-13-2-7-15(8-3-13)19(21)22/h2-11H,12H2,1H3,(H,18,20)/b11-6-. The number of amides is 1. The van der Waals surface area contributed by atoms with Gasteiger partial charge < -0.3 is 10.1 Å². The number of carbonyl (C=O) groups excluding carboxylic acids is 1. The van der Waals surface area contributed by atoms with Gasteiger partial charge >= 0.3 is 0 Å². The van der Waals surface area contributed by atoms with E-state index in [0.29, 0.717) is 6.54 Å². The fraction of sp³-hybridized carbons (Fsp3) is 0.118. The number of nitro benzene ring substituents is 1. The summed E-state index contributed by atoms with van der Waals surface area (Å²) in [7, 11) is 1.60. The number of methoxy groups -OCH3 is 1. The molecule has 23 heavy (non-hydrogen) atoms. The first kappa shape index (κ1) is 16.2. The van der Waals surface area contributed by atoms with Gasteiger partial charge in [0.25, 0.3) is 5.69 Å². The first-order chi connectivity index (χ1) is 11.1. The monoisotopic (exact) mass is 312 g/mol. The van der Waals surface area contributed by atoms with Crippen LogP contribution in [0.25, 0.3) is 6.08 Å². The van der Waals surface area contributed by atoms with Crippen molar-refractivity contribution >= 4 is 17.7 Å². The minimum atomic E-state index is -0.463. The first-order valence-electron chi connectivity index (χ1n) is 6.92. The fourth-order valence-electron chi connectivity index (χ4n) is 1.87. The van der Waals surface area contributed by atoms with Crippen molar-refractivity contribution in [1.29, 1.82) is 0 Å². The van der Waals surface area contributed by atoms with Crippen molar-refractivity contribution in [2.75, 3.05) is 7.11 Å². The topological polar surface area (TPSA) is 81.5 Å². The summed E-state index contributed by atoms with van der Waals surface area (Å²) in [6.07, 6.45) is 3.00. The molecule has 0 heterocycles. The molecule has 0 aliphatic rings. The maximum absolute atomic E-state index is 11.8. The maximum atomic E-state index is 11.8. The summed E-state index contributed by atoms with van der Waals surface area (Å²) in [6, 6.07) is 13.4. The zero-order valence-electron chi connectivity index (χ0n) is 12.6. The second-order valence-electron chi connectivity index (χ2n) is 4.75. The van der Waals surface area contributed by atoms with Crippen molar-refractivity contribution in [3.63, 3.8) is 0 Å². The average molecular weight is 312 g/mol. The van der Waals surface area contributed by atoms with E-state index in [-0.39, 0.29) is 11.6 Å². The Morgan fingerprint density at radius 1 is 1.17 bits per heavy atom. The smallest absolute Gasteiger partial charge is 0.269 e. The molecule has 0 aliphatic heterocycles. The Morgan fingerprint density at radius 3 is 2.39 bits per heavy atom. The van der Waals surface area contributed by atoms with Gasteiger partial charge in [-0.3, -0.25) is 14.9 Å². The summed E-state index contributed by atoms with van der Waals surface area (Å²) >= 11 is 0. The third-order valence-electron chi connectivity index (χ3n) is 3.16. The first-order valence-corrected chi connectivity index (χ1v) is 6.92. The molecule has 0 radical (unpaired) electrons. The molecule has 118 valence electrons. The van der Waals surface area contributed by atoms with Crippen LogP contribution in [0.5, 0.6) is 5.75 Å². The molecule has 0 spiro atoms. The molecule has 2 aromatic carbocycles. The molecule has 0 atom stereocenters. The Balaban J connectivity index is 1.86. The van der Waals surface area contributed by atoms with Crippen LogP contribution in [0.2, 0.25) is 0 Å². The SMILES string of the molecule is COc1ccc(CNC(=O)/C=C\c2ccc([N+](=O)[O-])cc2)cc1. The van der Waals surface area contributed by atoms with E-state index in [1.165, 1.54) is 18.2 Å². The molecule has 0 saturated heterocycles. The van der Waals surface area contributed by atoms with Gasteiger partial charge in [0.15, 0.2) is 0 Å². The highest BCUT2D eigenvalue weighted by atomic mass is 16.6. The number of benzene rings is 2. The zero-order valence-corrected chi connectivity index (χ0v) is 12.6. The molecule has 0 saturated carbocycles. The number of nitrogens with zero attached hydrogens (tertiary/aromatic N) is 1. The van der Waals surface area contributed by atoms with Gasteiger partial charge in [-0.05, 0) is 41.5 Å². The minimum Gasteiger partial charge on any atom is -0.497 e. The minimum absolute atomic E-state index is 0.0195. The van der Waals surface area contributed by atoms with Crippen LogP contribution in [0.4, 0.5) is 5.69 Å². The van der Waals surface area contributed by atoms with Gasteiger partial charge in [-0.15, -0.1) is 0 Å². The van der Waals surface area contributed by atoms with E-state index in [9.17, 15) is 14.9 Å². The van der Waals surface area contributed by atoms with E-state index in [2.05, 4.69) is 5.32 Å². The fourth-order valence-corrected chi connectivity index (χ4v) is 1.87. The second-order valence-corrected chi connectivity index (χ2v) is 4.75. The van der Waals surface area contributed by atoms with E-state index in [4.69, 9.17) is 4.74 Å². The molecule has 2 aromatic rings. The molecular weight excluding hydrogens is 296 g/mol. The second kappa shape index (κ2) is 7.74. The Kier molecular flexibility index (Phi) is 5.46. The number of nitro groups is 1. The van der Waals surface area contributed by atoms with Crippen LogP contribution in [0.1, 0.15) is 11.1 Å². The highest BCUT2D eigenvalue weighted by Gasteiger charge is 2.03. The third-order valence-corrected chi connectivity index (χ3v) is 3.16. The van der Waals surface area contributed by atoms with E-state index in [1.54, 1.807) is 25.3 Å². The van der Waals surface area contributed by atoms with Crippen LogP contribution in [-0.2, 0) is 11.3 Å². The summed E-state index contributed by atoms with van der Waals surface area (Å²) in [5, 5.41) is 13.3. The van der Waals surface area contributed by atoms with Crippen molar-refractivity contribution in [3.05, 3.63) is 75.8 Å². The van der Waals surface area contributed by atoms with Crippen LogP contribution >= 0.6 is 0 Å². The van der Waals surface area contributed by atoms with E-state index in [0.717, 1.165) is 16.9 Å². The van der Waals surface area contributed by atoms with Gasteiger partial charge in [-0.2, -0.15) is 0 Å². The number of non-ortho nitro benzene ring substituents is 1. The predicted molar refractivity (Wildman–Crippen MR) is 87.0 cm³/mol. The van der Waals surface area contributed by atoms with Crippen molar-refractivity contribution in [3.8, 4) is 5.75 Å². The Hall–Kier alpha value is -3.15. The average Bonchev–Trinajstić information content (AvgIpc) is 2.59. The number of ether oxygens (including phenoxy) is 1. The van der Waals surface area contributed by atoms with Crippen molar-refractivity contribution in [2.24, 2.45) is 0 Å². The van der Waals surface area contributed by atoms with Gasteiger partial charge in [0.05, 0.1) is 12.0 Å². The van der Waals surface area contributed by atoms with Gasteiger partial charge in [0, 0.05) is 24.8 Å². The molecule has 0 fully saturated rings. The lowest BCUT2D eigenvalue weighted by Gasteiger charge is -2.04. The van der Waals surface area contributed by atoms with Gasteiger partial charge in [-0.25, -0.2) is 0 Å². The van der Waals surface area contributed by atoms with Gasteiger partial charge in [-0.1, -0.05) is 12.1 Å². The van der Waals surface area contributed by atoms with E-state index >= 15 is 0 Å². The molecule has 0 unspecified atom stereocenters. The summed E-state index contributed by atoms with van der Waals surface area (Å²) < 4.78 is 5.06. The predicted octanol–water partition coefficient (Wildman–Crippen LogP) is 2.93. The normalized spacial score (nSPS) is 10.5. The van der Waals surface area contributed by atoms with E-state index < -0.39 is 4.92 Å². The van der Waals surface area contributed by atoms with Crippen molar-refractivity contribution < 1.29 is 14.5 Å². The number of carbonyl (C=O) groups is 1. The largest absolute Gasteiger partial charge is 0.497 e. The van der Waals surface area contributed by atoms with Crippen molar-refractivity contribution in [2.45, 2.75) is 6.54 Å². The molecule has 6 nitrogen and oxygen atoms in total. The van der Waals surface area contributed by atoms with Crippen molar-refractivity contribution in [1.82, 2.24) is 5.32 Å². The Labute approximate surface area is 133 Å². The molecule has 0 bridgehead atoms. The van der Waals surface area contributed by atoms with Crippen LogP contribution in [0.3, 0.4) is 0 Å².